The molecule has 2 aromatic heterocycles. The van der Waals surface area contributed by atoms with E-state index in [0.717, 1.165) is 31.4 Å². The summed E-state index contributed by atoms with van der Waals surface area (Å²) in [6.45, 7) is 2.97. The number of carbonyl (C=O) groups is 1. The van der Waals surface area contributed by atoms with E-state index in [4.69, 9.17) is 8.83 Å². The van der Waals surface area contributed by atoms with Gasteiger partial charge >= 0.3 is 0 Å². The minimum Gasteiger partial charge on any atom is -0.459 e. The molecule has 0 bridgehead atoms. The van der Waals surface area contributed by atoms with Gasteiger partial charge in [0.15, 0.2) is 5.76 Å². The molecule has 33 heavy (non-hydrogen) atoms. The van der Waals surface area contributed by atoms with Crippen molar-refractivity contribution >= 4 is 15.9 Å². The third-order valence-corrected chi connectivity index (χ3v) is 7.33. The molecular weight excluding hydrogens is 451 g/mol. The van der Waals surface area contributed by atoms with Crippen molar-refractivity contribution in [3.05, 3.63) is 53.9 Å². The van der Waals surface area contributed by atoms with E-state index in [0.29, 0.717) is 31.8 Å². The third-order valence-electron chi connectivity index (χ3n) is 5.42. The standard InChI is InChI=1S/C22H25FN4O5S/c1-2-10-26(15-20-24-25-21(32-20)18-7-6-13-31-18)22(28)16-8-9-17(23)19(14-16)33(29,30)27-11-4-3-5-12-27/h6-9,13-14H,2-5,10-12,15H2,1H3. The van der Waals surface area contributed by atoms with Gasteiger partial charge in [0.2, 0.25) is 15.9 Å². The van der Waals surface area contributed by atoms with Gasteiger partial charge in [-0.05, 0) is 49.6 Å². The van der Waals surface area contributed by atoms with Crippen LogP contribution in [0.2, 0.25) is 0 Å². The van der Waals surface area contributed by atoms with Crippen LogP contribution in [0.15, 0.2) is 50.3 Å². The van der Waals surface area contributed by atoms with Crippen molar-refractivity contribution in [2.24, 2.45) is 0 Å². The summed E-state index contributed by atoms with van der Waals surface area (Å²) in [4.78, 5) is 14.2. The Labute approximate surface area is 191 Å². The van der Waals surface area contributed by atoms with Crippen LogP contribution >= 0.6 is 0 Å². The molecule has 0 N–H and O–H groups in total. The topological polar surface area (TPSA) is 110 Å². The number of halogens is 1. The predicted octanol–water partition coefficient (Wildman–Crippen LogP) is 3.70. The average Bonchev–Trinajstić information content (AvgIpc) is 3.51. The van der Waals surface area contributed by atoms with Crippen LogP contribution in [0, 0.1) is 5.82 Å². The number of furan rings is 1. The van der Waals surface area contributed by atoms with Gasteiger partial charge in [0.05, 0.1) is 12.8 Å². The van der Waals surface area contributed by atoms with Crippen LogP contribution < -0.4 is 0 Å². The summed E-state index contributed by atoms with van der Waals surface area (Å²) in [6.07, 6.45) is 4.53. The molecule has 0 radical (unpaired) electrons. The van der Waals surface area contributed by atoms with Gasteiger partial charge in [-0.15, -0.1) is 10.2 Å². The van der Waals surface area contributed by atoms with Crippen molar-refractivity contribution in [3.63, 3.8) is 0 Å². The molecule has 0 saturated carbocycles. The number of benzene rings is 1. The zero-order chi connectivity index (χ0) is 23.4. The number of carbonyl (C=O) groups excluding carboxylic acids is 1. The lowest BCUT2D eigenvalue weighted by Crippen LogP contribution is -2.36. The predicted molar refractivity (Wildman–Crippen MR) is 116 cm³/mol. The number of aromatic nitrogens is 2. The van der Waals surface area contributed by atoms with Crippen LogP contribution in [0.4, 0.5) is 4.39 Å². The molecule has 1 aliphatic heterocycles. The summed E-state index contributed by atoms with van der Waals surface area (Å²) in [6, 6.07) is 6.80. The average molecular weight is 477 g/mol. The highest BCUT2D eigenvalue weighted by atomic mass is 32.2. The van der Waals surface area contributed by atoms with E-state index in [1.165, 1.54) is 21.5 Å². The van der Waals surface area contributed by atoms with E-state index in [-0.39, 0.29) is 23.9 Å². The maximum atomic E-state index is 14.5. The van der Waals surface area contributed by atoms with Gasteiger partial charge in [-0.25, -0.2) is 12.8 Å². The quantitative estimate of drug-likeness (QED) is 0.488. The molecule has 0 aliphatic carbocycles. The van der Waals surface area contributed by atoms with Crippen molar-refractivity contribution in [2.45, 2.75) is 44.0 Å². The van der Waals surface area contributed by atoms with Gasteiger partial charge in [0, 0.05) is 25.2 Å². The van der Waals surface area contributed by atoms with Crippen LogP contribution in [0.5, 0.6) is 0 Å². The number of amides is 1. The normalized spacial score (nSPS) is 15.0. The van der Waals surface area contributed by atoms with Gasteiger partial charge in [-0.2, -0.15) is 4.31 Å². The smallest absolute Gasteiger partial charge is 0.283 e. The molecule has 0 spiro atoms. The molecule has 1 fully saturated rings. The molecular formula is C22H25FN4O5S. The highest BCUT2D eigenvalue weighted by molar-refractivity contribution is 7.89. The van der Waals surface area contributed by atoms with E-state index >= 15 is 0 Å². The van der Waals surface area contributed by atoms with Crippen molar-refractivity contribution in [2.75, 3.05) is 19.6 Å². The first-order valence-electron chi connectivity index (χ1n) is 10.9. The minimum absolute atomic E-state index is 0.0198. The van der Waals surface area contributed by atoms with Crippen LogP contribution in [0.3, 0.4) is 0 Å². The van der Waals surface area contributed by atoms with Gasteiger partial charge in [-0.3, -0.25) is 4.79 Å². The summed E-state index contributed by atoms with van der Waals surface area (Å²) in [5.74, 6) is -0.529. The molecule has 1 aliphatic rings. The molecule has 4 rings (SSSR count). The Morgan fingerprint density at radius 3 is 2.67 bits per heavy atom. The summed E-state index contributed by atoms with van der Waals surface area (Å²) in [7, 11) is -4.03. The lowest BCUT2D eigenvalue weighted by Gasteiger charge is -2.26. The van der Waals surface area contributed by atoms with Crippen molar-refractivity contribution < 1.29 is 26.4 Å². The van der Waals surface area contributed by atoms with E-state index in [1.54, 1.807) is 12.1 Å². The lowest BCUT2D eigenvalue weighted by atomic mass is 10.2. The van der Waals surface area contributed by atoms with E-state index < -0.39 is 26.6 Å². The molecule has 1 aromatic carbocycles. The Morgan fingerprint density at radius 2 is 1.97 bits per heavy atom. The van der Waals surface area contributed by atoms with Gasteiger partial charge < -0.3 is 13.7 Å². The zero-order valence-corrected chi connectivity index (χ0v) is 19.1. The lowest BCUT2D eigenvalue weighted by molar-refractivity contribution is 0.0728. The van der Waals surface area contributed by atoms with Crippen LogP contribution in [0.25, 0.3) is 11.7 Å². The van der Waals surface area contributed by atoms with Crippen LogP contribution in [-0.4, -0.2) is 53.4 Å². The first-order chi connectivity index (χ1) is 15.9. The second-order valence-electron chi connectivity index (χ2n) is 7.81. The maximum Gasteiger partial charge on any atom is 0.283 e. The number of hydrogen-bond donors (Lipinski definition) is 0. The van der Waals surface area contributed by atoms with Gasteiger partial charge in [0.25, 0.3) is 11.8 Å². The summed E-state index contributed by atoms with van der Waals surface area (Å²) in [5.41, 5.74) is 0.0752. The first-order valence-corrected chi connectivity index (χ1v) is 12.3. The van der Waals surface area contributed by atoms with Crippen molar-refractivity contribution in [1.29, 1.82) is 0 Å². The Morgan fingerprint density at radius 1 is 1.18 bits per heavy atom. The Kier molecular flexibility index (Phi) is 6.89. The monoisotopic (exact) mass is 476 g/mol. The highest BCUT2D eigenvalue weighted by Crippen LogP contribution is 2.25. The fraction of sp³-hybridized carbons (Fsp3) is 0.409. The zero-order valence-electron chi connectivity index (χ0n) is 18.2. The fourth-order valence-corrected chi connectivity index (χ4v) is 5.37. The molecule has 1 amide bonds. The number of sulfonamides is 1. The van der Waals surface area contributed by atoms with Crippen LogP contribution in [0.1, 0.15) is 48.9 Å². The number of rotatable bonds is 8. The summed E-state index contributed by atoms with van der Waals surface area (Å²) < 4.78 is 52.7. The molecule has 176 valence electrons. The minimum atomic E-state index is -4.03. The molecule has 3 heterocycles. The first kappa shape index (κ1) is 23.1. The number of nitrogens with zero attached hydrogens (tertiary/aromatic N) is 4. The number of piperidine rings is 1. The van der Waals surface area contributed by atoms with E-state index in [9.17, 15) is 17.6 Å². The largest absolute Gasteiger partial charge is 0.459 e. The van der Waals surface area contributed by atoms with E-state index in [2.05, 4.69) is 10.2 Å². The highest BCUT2D eigenvalue weighted by Gasteiger charge is 2.30. The Hall–Kier alpha value is -3.05. The molecule has 0 unspecified atom stereocenters. The summed E-state index contributed by atoms with van der Waals surface area (Å²) >= 11 is 0. The molecule has 11 heteroatoms. The van der Waals surface area contributed by atoms with E-state index in [1.807, 2.05) is 6.92 Å². The third kappa shape index (κ3) is 4.98. The van der Waals surface area contributed by atoms with Crippen LogP contribution in [-0.2, 0) is 16.6 Å². The van der Waals surface area contributed by atoms with Gasteiger partial charge in [0.1, 0.15) is 10.7 Å². The summed E-state index contributed by atoms with van der Waals surface area (Å²) in [5, 5.41) is 7.90. The molecule has 3 aromatic rings. The van der Waals surface area contributed by atoms with Crippen molar-refractivity contribution in [1.82, 2.24) is 19.4 Å². The molecule has 9 nitrogen and oxygen atoms in total. The number of hydrogen-bond acceptors (Lipinski definition) is 7. The Balaban J connectivity index is 1.58. The van der Waals surface area contributed by atoms with Gasteiger partial charge in [-0.1, -0.05) is 13.3 Å². The second-order valence-corrected chi connectivity index (χ2v) is 9.72. The SMILES string of the molecule is CCCN(Cc1nnc(-c2ccco2)o1)C(=O)c1ccc(F)c(S(=O)(=O)N2CCCCC2)c1. The van der Waals surface area contributed by atoms with Crippen molar-refractivity contribution in [3.8, 4) is 11.7 Å². The fourth-order valence-electron chi connectivity index (χ4n) is 3.76. The molecule has 0 atom stereocenters. The second kappa shape index (κ2) is 9.84. The maximum absolute atomic E-state index is 14.5. The Bertz CT molecular complexity index is 1200. The molecule has 1 saturated heterocycles.